The van der Waals surface area contributed by atoms with Gasteiger partial charge in [0.15, 0.2) is 0 Å². The highest BCUT2D eigenvalue weighted by Crippen LogP contribution is 2.23. The van der Waals surface area contributed by atoms with Crippen molar-refractivity contribution in [1.82, 2.24) is 15.1 Å². The molecule has 1 N–H and O–H groups in total. The van der Waals surface area contributed by atoms with Crippen LogP contribution in [0.1, 0.15) is 31.5 Å². The minimum absolute atomic E-state index is 0.923. The predicted octanol–water partition coefficient (Wildman–Crippen LogP) is 3.38. The third kappa shape index (κ3) is 3.44. The lowest BCUT2D eigenvalue weighted by molar-refractivity contribution is 0.598. The highest BCUT2D eigenvalue weighted by Gasteiger charge is 2.07. The number of aryl methyl sites for hydroxylation is 2. The second-order valence-corrected chi connectivity index (χ2v) is 4.87. The molecule has 2 aromatic rings. The van der Waals surface area contributed by atoms with Gasteiger partial charge < -0.3 is 5.32 Å². The van der Waals surface area contributed by atoms with Crippen molar-refractivity contribution in [2.75, 3.05) is 6.54 Å². The molecular weight excluding hydrogens is 234 g/mol. The Kier molecular flexibility index (Phi) is 4.74. The van der Waals surface area contributed by atoms with Crippen molar-refractivity contribution in [2.24, 2.45) is 0 Å². The van der Waals surface area contributed by atoms with Gasteiger partial charge in [-0.2, -0.15) is 5.10 Å². The Morgan fingerprint density at radius 2 is 2.11 bits per heavy atom. The Morgan fingerprint density at radius 1 is 1.26 bits per heavy atom. The van der Waals surface area contributed by atoms with Gasteiger partial charge in [0.2, 0.25) is 0 Å². The summed E-state index contributed by atoms with van der Waals surface area (Å²) in [7, 11) is 0. The molecule has 0 bridgehead atoms. The molecule has 1 aromatic heterocycles. The Balaban J connectivity index is 2.25. The molecule has 0 saturated carbocycles. The Bertz CT molecular complexity index is 529. The lowest BCUT2D eigenvalue weighted by Crippen LogP contribution is -2.11. The van der Waals surface area contributed by atoms with E-state index in [2.05, 4.69) is 61.6 Å². The lowest BCUT2D eigenvalue weighted by atomic mass is 10.0. The van der Waals surface area contributed by atoms with Crippen LogP contribution >= 0.6 is 0 Å². The third-order valence-corrected chi connectivity index (χ3v) is 3.22. The molecule has 0 saturated heterocycles. The maximum absolute atomic E-state index is 4.57. The standard InChI is InChI=1S/C16H23N3/c1-4-9-19-12-16(13(3)18-19)15-8-6-7-14(10-15)11-17-5-2/h6-8,10,12,17H,4-5,9,11H2,1-3H3. The first kappa shape index (κ1) is 13.8. The topological polar surface area (TPSA) is 29.9 Å². The number of nitrogens with one attached hydrogen (secondary N) is 1. The average molecular weight is 257 g/mol. The number of hydrogen-bond donors (Lipinski definition) is 1. The molecule has 0 aliphatic rings. The summed E-state index contributed by atoms with van der Waals surface area (Å²) >= 11 is 0. The zero-order valence-corrected chi connectivity index (χ0v) is 12.1. The Labute approximate surface area is 115 Å². The molecule has 0 atom stereocenters. The van der Waals surface area contributed by atoms with Crippen LogP contribution in [0.15, 0.2) is 30.5 Å². The Hall–Kier alpha value is -1.61. The zero-order chi connectivity index (χ0) is 13.7. The second kappa shape index (κ2) is 6.53. The molecule has 19 heavy (non-hydrogen) atoms. The van der Waals surface area contributed by atoms with Crippen LogP contribution in [0.25, 0.3) is 11.1 Å². The van der Waals surface area contributed by atoms with Crippen LogP contribution in [0.4, 0.5) is 0 Å². The fourth-order valence-corrected chi connectivity index (χ4v) is 2.26. The fraction of sp³-hybridized carbons (Fsp3) is 0.438. The van der Waals surface area contributed by atoms with Crippen molar-refractivity contribution >= 4 is 0 Å². The largest absolute Gasteiger partial charge is 0.313 e. The van der Waals surface area contributed by atoms with Crippen LogP contribution in [0.5, 0.6) is 0 Å². The molecule has 0 aliphatic heterocycles. The zero-order valence-electron chi connectivity index (χ0n) is 12.1. The summed E-state index contributed by atoms with van der Waals surface area (Å²) in [6.07, 6.45) is 3.27. The highest BCUT2D eigenvalue weighted by molar-refractivity contribution is 5.65. The molecule has 0 spiro atoms. The fourth-order valence-electron chi connectivity index (χ4n) is 2.26. The van der Waals surface area contributed by atoms with Crippen molar-refractivity contribution in [3.63, 3.8) is 0 Å². The van der Waals surface area contributed by atoms with Gasteiger partial charge in [-0.05, 0) is 37.1 Å². The number of hydrogen-bond acceptors (Lipinski definition) is 2. The first-order valence-electron chi connectivity index (χ1n) is 7.08. The van der Waals surface area contributed by atoms with Crippen molar-refractivity contribution in [1.29, 1.82) is 0 Å². The summed E-state index contributed by atoms with van der Waals surface area (Å²) < 4.78 is 2.04. The highest BCUT2D eigenvalue weighted by atomic mass is 15.3. The van der Waals surface area contributed by atoms with E-state index in [1.807, 2.05) is 4.68 Å². The molecule has 0 unspecified atom stereocenters. The molecule has 3 nitrogen and oxygen atoms in total. The summed E-state index contributed by atoms with van der Waals surface area (Å²) in [6.45, 7) is 9.29. The summed E-state index contributed by atoms with van der Waals surface area (Å²) in [5.41, 5.74) is 4.93. The summed E-state index contributed by atoms with van der Waals surface area (Å²) in [6, 6.07) is 8.70. The van der Waals surface area contributed by atoms with E-state index in [0.717, 1.165) is 31.7 Å². The van der Waals surface area contributed by atoms with E-state index >= 15 is 0 Å². The van der Waals surface area contributed by atoms with Crippen molar-refractivity contribution in [3.05, 3.63) is 41.7 Å². The first-order valence-corrected chi connectivity index (χ1v) is 7.08. The minimum Gasteiger partial charge on any atom is -0.313 e. The van der Waals surface area contributed by atoms with Gasteiger partial charge in [0.05, 0.1) is 5.69 Å². The molecule has 102 valence electrons. The molecule has 1 aromatic carbocycles. The second-order valence-electron chi connectivity index (χ2n) is 4.87. The average Bonchev–Trinajstić information content (AvgIpc) is 2.78. The number of rotatable bonds is 6. The SMILES string of the molecule is CCCn1cc(-c2cccc(CNCC)c2)c(C)n1. The van der Waals surface area contributed by atoms with E-state index in [-0.39, 0.29) is 0 Å². The molecule has 1 heterocycles. The van der Waals surface area contributed by atoms with Crippen LogP contribution in [0, 0.1) is 6.92 Å². The number of aromatic nitrogens is 2. The Morgan fingerprint density at radius 3 is 2.84 bits per heavy atom. The molecule has 0 fully saturated rings. The molecule has 2 rings (SSSR count). The molecular formula is C16H23N3. The maximum atomic E-state index is 4.57. The van der Waals surface area contributed by atoms with Crippen LogP contribution < -0.4 is 5.32 Å². The number of benzene rings is 1. The summed E-state index contributed by atoms with van der Waals surface area (Å²) in [5.74, 6) is 0. The van der Waals surface area contributed by atoms with E-state index in [1.54, 1.807) is 0 Å². The van der Waals surface area contributed by atoms with Crippen LogP contribution in [-0.2, 0) is 13.1 Å². The molecule has 0 radical (unpaired) electrons. The van der Waals surface area contributed by atoms with E-state index < -0.39 is 0 Å². The van der Waals surface area contributed by atoms with Crippen molar-refractivity contribution in [2.45, 2.75) is 40.3 Å². The van der Waals surface area contributed by atoms with E-state index in [4.69, 9.17) is 0 Å². The van der Waals surface area contributed by atoms with Crippen LogP contribution in [0.3, 0.4) is 0 Å². The normalized spacial score (nSPS) is 10.9. The van der Waals surface area contributed by atoms with Gasteiger partial charge in [0, 0.05) is 24.8 Å². The van der Waals surface area contributed by atoms with Gasteiger partial charge in [-0.15, -0.1) is 0 Å². The van der Waals surface area contributed by atoms with Gasteiger partial charge in [0.1, 0.15) is 0 Å². The van der Waals surface area contributed by atoms with E-state index in [9.17, 15) is 0 Å². The summed E-state index contributed by atoms with van der Waals surface area (Å²) in [4.78, 5) is 0. The van der Waals surface area contributed by atoms with Crippen LogP contribution in [-0.4, -0.2) is 16.3 Å². The van der Waals surface area contributed by atoms with Gasteiger partial charge in [-0.1, -0.05) is 32.0 Å². The van der Waals surface area contributed by atoms with Crippen molar-refractivity contribution < 1.29 is 0 Å². The first-order chi connectivity index (χ1) is 9.24. The predicted molar refractivity (Wildman–Crippen MR) is 80.1 cm³/mol. The maximum Gasteiger partial charge on any atom is 0.0672 e. The molecule has 0 aliphatic carbocycles. The van der Waals surface area contributed by atoms with Gasteiger partial charge >= 0.3 is 0 Å². The monoisotopic (exact) mass is 257 g/mol. The third-order valence-electron chi connectivity index (χ3n) is 3.22. The quantitative estimate of drug-likeness (QED) is 0.859. The molecule has 0 amide bonds. The molecule has 3 heteroatoms. The van der Waals surface area contributed by atoms with Gasteiger partial charge in [-0.3, -0.25) is 4.68 Å². The van der Waals surface area contributed by atoms with E-state index in [1.165, 1.54) is 16.7 Å². The summed E-state index contributed by atoms with van der Waals surface area (Å²) in [5, 5.41) is 7.93. The van der Waals surface area contributed by atoms with Gasteiger partial charge in [0.25, 0.3) is 0 Å². The number of nitrogens with zero attached hydrogens (tertiary/aromatic N) is 2. The van der Waals surface area contributed by atoms with Crippen molar-refractivity contribution in [3.8, 4) is 11.1 Å². The van der Waals surface area contributed by atoms with Crippen LogP contribution in [0.2, 0.25) is 0 Å². The smallest absolute Gasteiger partial charge is 0.0672 e. The lowest BCUT2D eigenvalue weighted by Gasteiger charge is -2.05. The van der Waals surface area contributed by atoms with E-state index in [0.29, 0.717) is 0 Å². The van der Waals surface area contributed by atoms with Gasteiger partial charge in [-0.25, -0.2) is 0 Å². The minimum atomic E-state index is 0.923.